The number of primary sulfonamides is 1. The normalized spacial score (nSPS) is 10.7. The minimum atomic E-state index is -3.77. The van der Waals surface area contributed by atoms with Gasteiger partial charge in [-0.15, -0.1) is 6.42 Å². The zero-order valence-corrected chi connectivity index (χ0v) is 12.1. The zero-order valence-electron chi connectivity index (χ0n) is 11.3. The first-order valence-electron chi connectivity index (χ1n) is 5.72. The minimum absolute atomic E-state index is 0.0409. The summed E-state index contributed by atoms with van der Waals surface area (Å²) in [6, 6.07) is 2.95. The maximum absolute atomic E-state index is 11.4. The average molecular weight is 296 g/mol. The third kappa shape index (κ3) is 4.26. The van der Waals surface area contributed by atoms with Crippen LogP contribution < -0.4 is 15.2 Å². The van der Waals surface area contributed by atoms with Crippen molar-refractivity contribution in [2.75, 3.05) is 13.2 Å². The zero-order chi connectivity index (χ0) is 15.3. The Morgan fingerprint density at radius 1 is 1.40 bits per heavy atom. The van der Waals surface area contributed by atoms with Crippen molar-refractivity contribution in [3.8, 4) is 18.1 Å². The Labute approximate surface area is 118 Å². The predicted octanol–water partition coefficient (Wildman–Crippen LogP) is 0.0790. The molecule has 0 aliphatic rings. The van der Waals surface area contributed by atoms with Crippen LogP contribution in [0.3, 0.4) is 0 Å². The van der Waals surface area contributed by atoms with E-state index in [9.17, 15) is 13.2 Å². The molecule has 0 spiro atoms. The summed E-state index contributed by atoms with van der Waals surface area (Å²) < 4.78 is 28.0. The number of carbonyl (C=O) groups excluding carboxylic acids is 1. The largest absolute Gasteiger partial charge is 0.483 e. The molecule has 0 fully saturated rings. The molecule has 0 heterocycles. The number of ether oxygens (including phenoxy) is 1. The number of sulfonamides is 1. The SMILES string of the molecule is C#CCNC(=O)COc1cc(C)c(S(N)(=O)=O)cc1C. The van der Waals surface area contributed by atoms with Crippen LogP contribution in [0.25, 0.3) is 0 Å². The highest BCUT2D eigenvalue weighted by atomic mass is 32.2. The van der Waals surface area contributed by atoms with Crippen molar-refractivity contribution in [1.29, 1.82) is 0 Å². The number of nitrogens with one attached hydrogen (secondary N) is 1. The molecule has 108 valence electrons. The van der Waals surface area contributed by atoms with Gasteiger partial charge < -0.3 is 10.1 Å². The lowest BCUT2D eigenvalue weighted by molar-refractivity contribution is -0.122. The first-order valence-corrected chi connectivity index (χ1v) is 7.27. The number of nitrogens with two attached hydrogens (primary N) is 1. The van der Waals surface area contributed by atoms with E-state index >= 15 is 0 Å². The van der Waals surface area contributed by atoms with Crippen molar-refractivity contribution in [2.45, 2.75) is 18.7 Å². The number of hydrogen-bond donors (Lipinski definition) is 2. The van der Waals surface area contributed by atoms with Gasteiger partial charge in [0.25, 0.3) is 5.91 Å². The van der Waals surface area contributed by atoms with Crippen LogP contribution in [0.2, 0.25) is 0 Å². The van der Waals surface area contributed by atoms with Crippen molar-refractivity contribution in [3.63, 3.8) is 0 Å². The maximum atomic E-state index is 11.4. The molecule has 0 bridgehead atoms. The van der Waals surface area contributed by atoms with Gasteiger partial charge in [-0.3, -0.25) is 4.79 Å². The van der Waals surface area contributed by atoms with E-state index in [0.717, 1.165) is 0 Å². The molecule has 3 N–H and O–H groups in total. The summed E-state index contributed by atoms with van der Waals surface area (Å²) in [5.74, 6) is 2.34. The number of benzene rings is 1. The molecular weight excluding hydrogens is 280 g/mol. The van der Waals surface area contributed by atoms with Crippen LogP contribution in [0, 0.1) is 26.2 Å². The molecule has 0 saturated carbocycles. The Morgan fingerprint density at radius 3 is 2.60 bits per heavy atom. The Balaban J connectivity index is 2.87. The van der Waals surface area contributed by atoms with E-state index < -0.39 is 10.0 Å². The summed E-state index contributed by atoms with van der Waals surface area (Å²) in [7, 11) is -3.77. The fraction of sp³-hybridized carbons (Fsp3) is 0.308. The lowest BCUT2D eigenvalue weighted by atomic mass is 10.1. The van der Waals surface area contributed by atoms with E-state index in [2.05, 4.69) is 11.2 Å². The van der Waals surface area contributed by atoms with E-state index in [1.54, 1.807) is 13.8 Å². The number of aryl methyl sites for hydroxylation is 2. The maximum Gasteiger partial charge on any atom is 0.258 e. The second kappa shape index (κ2) is 6.41. The van der Waals surface area contributed by atoms with Crippen LogP contribution in [-0.2, 0) is 14.8 Å². The van der Waals surface area contributed by atoms with Gasteiger partial charge in [0, 0.05) is 0 Å². The Kier molecular flexibility index (Phi) is 5.13. The molecule has 0 atom stereocenters. The van der Waals surface area contributed by atoms with Gasteiger partial charge in [-0.25, -0.2) is 13.6 Å². The second-order valence-electron chi connectivity index (χ2n) is 4.20. The van der Waals surface area contributed by atoms with Gasteiger partial charge in [-0.05, 0) is 37.1 Å². The number of amides is 1. The molecule has 0 saturated heterocycles. The molecule has 7 heteroatoms. The molecule has 0 aliphatic heterocycles. The quantitative estimate of drug-likeness (QED) is 0.752. The Hall–Kier alpha value is -2.04. The summed E-state index contributed by atoms with van der Waals surface area (Å²) >= 11 is 0. The van der Waals surface area contributed by atoms with Crippen molar-refractivity contribution in [2.24, 2.45) is 5.14 Å². The van der Waals surface area contributed by atoms with E-state index in [0.29, 0.717) is 16.9 Å². The summed E-state index contributed by atoms with van der Waals surface area (Å²) in [6.07, 6.45) is 5.01. The highest BCUT2D eigenvalue weighted by Crippen LogP contribution is 2.25. The average Bonchev–Trinajstić information content (AvgIpc) is 2.35. The third-order valence-electron chi connectivity index (χ3n) is 2.53. The summed E-state index contributed by atoms with van der Waals surface area (Å²) in [4.78, 5) is 11.4. The van der Waals surface area contributed by atoms with Crippen LogP contribution in [-0.4, -0.2) is 27.5 Å². The number of rotatable bonds is 5. The van der Waals surface area contributed by atoms with Crippen LogP contribution in [0.5, 0.6) is 5.75 Å². The van der Waals surface area contributed by atoms with Gasteiger partial charge in [0.15, 0.2) is 6.61 Å². The number of hydrogen-bond acceptors (Lipinski definition) is 4. The Bertz CT molecular complexity index is 660. The van der Waals surface area contributed by atoms with E-state index in [1.165, 1.54) is 12.1 Å². The fourth-order valence-electron chi connectivity index (χ4n) is 1.57. The first-order chi connectivity index (χ1) is 9.25. The molecule has 0 aliphatic carbocycles. The van der Waals surface area contributed by atoms with Crippen LogP contribution >= 0.6 is 0 Å². The highest BCUT2D eigenvalue weighted by molar-refractivity contribution is 7.89. The molecule has 0 radical (unpaired) electrons. The molecular formula is C13H16N2O4S. The van der Waals surface area contributed by atoms with Crippen LogP contribution in [0.1, 0.15) is 11.1 Å². The molecule has 0 unspecified atom stereocenters. The van der Waals surface area contributed by atoms with Crippen molar-refractivity contribution >= 4 is 15.9 Å². The smallest absolute Gasteiger partial charge is 0.258 e. The summed E-state index contributed by atoms with van der Waals surface area (Å²) in [5.41, 5.74) is 1.03. The summed E-state index contributed by atoms with van der Waals surface area (Å²) in [6.45, 7) is 3.20. The third-order valence-corrected chi connectivity index (χ3v) is 3.58. The monoisotopic (exact) mass is 296 g/mol. The molecule has 1 aromatic carbocycles. The van der Waals surface area contributed by atoms with Gasteiger partial charge in [0.2, 0.25) is 10.0 Å². The van der Waals surface area contributed by atoms with Crippen molar-refractivity contribution < 1.29 is 17.9 Å². The van der Waals surface area contributed by atoms with E-state index in [1.807, 2.05) is 0 Å². The molecule has 1 aromatic rings. The molecule has 1 amide bonds. The Morgan fingerprint density at radius 2 is 2.05 bits per heavy atom. The van der Waals surface area contributed by atoms with Crippen LogP contribution in [0.4, 0.5) is 0 Å². The van der Waals surface area contributed by atoms with Gasteiger partial charge in [-0.2, -0.15) is 0 Å². The number of carbonyl (C=O) groups is 1. The van der Waals surface area contributed by atoms with Gasteiger partial charge >= 0.3 is 0 Å². The van der Waals surface area contributed by atoms with Gasteiger partial charge in [0.05, 0.1) is 11.4 Å². The lowest BCUT2D eigenvalue weighted by Crippen LogP contribution is -2.29. The molecule has 20 heavy (non-hydrogen) atoms. The van der Waals surface area contributed by atoms with E-state index in [4.69, 9.17) is 16.3 Å². The number of terminal acetylenes is 1. The second-order valence-corrected chi connectivity index (χ2v) is 5.73. The molecule has 6 nitrogen and oxygen atoms in total. The highest BCUT2D eigenvalue weighted by Gasteiger charge is 2.15. The van der Waals surface area contributed by atoms with E-state index in [-0.39, 0.29) is 24.0 Å². The van der Waals surface area contributed by atoms with Gasteiger partial charge in [0.1, 0.15) is 5.75 Å². The topological polar surface area (TPSA) is 98.5 Å². The lowest BCUT2D eigenvalue weighted by Gasteiger charge is -2.12. The fourth-order valence-corrected chi connectivity index (χ4v) is 2.42. The summed E-state index contributed by atoms with van der Waals surface area (Å²) in [5, 5.41) is 7.56. The van der Waals surface area contributed by atoms with Crippen molar-refractivity contribution in [3.05, 3.63) is 23.3 Å². The molecule has 0 aromatic heterocycles. The van der Waals surface area contributed by atoms with Crippen molar-refractivity contribution in [1.82, 2.24) is 5.32 Å². The minimum Gasteiger partial charge on any atom is -0.483 e. The first kappa shape index (κ1) is 16.0. The molecule has 1 rings (SSSR count). The van der Waals surface area contributed by atoms with Gasteiger partial charge in [-0.1, -0.05) is 5.92 Å². The predicted molar refractivity (Wildman–Crippen MR) is 74.6 cm³/mol. The standard InChI is InChI=1S/C13H16N2O4S/c1-4-5-15-13(16)8-19-11-6-10(3)12(7-9(11)2)20(14,17)18/h1,6-7H,5,8H2,2-3H3,(H,15,16)(H2,14,17,18). The van der Waals surface area contributed by atoms with Crippen LogP contribution in [0.15, 0.2) is 17.0 Å².